The molecule has 3 N–H and O–H groups in total. The smallest absolute Gasteiger partial charge is 0.327 e. The Balaban J connectivity index is 2.29. The van der Waals surface area contributed by atoms with Crippen LogP contribution in [-0.4, -0.2) is 20.8 Å². The highest BCUT2D eigenvalue weighted by Crippen LogP contribution is 2.35. The molecule has 0 aliphatic heterocycles. The Morgan fingerprint density at radius 3 is 2.53 bits per heavy atom. The minimum Gasteiger partial charge on any atom is -0.327 e. The Hall–Kier alpha value is -1.24. The van der Waals surface area contributed by atoms with Gasteiger partial charge >= 0.3 is 5.69 Å². The van der Waals surface area contributed by atoms with Crippen molar-refractivity contribution >= 4 is 23.4 Å². The molecule has 2 atom stereocenters. The van der Waals surface area contributed by atoms with Crippen molar-refractivity contribution in [2.24, 2.45) is 12.8 Å². The Kier molecular flexibility index (Phi) is 4.34. The third-order valence-electron chi connectivity index (χ3n) is 2.75. The van der Waals surface area contributed by atoms with E-state index >= 15 is 0 Å². The van der Waals surface area contributed by atoms with E-state index < -0.39 is 0 Å². The number of aromatic amines is 1. The topological polar surface area (TPSA) is 76.7 Å². The number of hydrogen-bond acceptors (Lipinski definition) is 4. The van der Waals surface area contributed by atoms with E-state index in [0.717, 1.165) is 5.56 Å². The van der Waals surface area contributed by atoms with E-state index in [4.69, 9.17) is 17.3 Å². The van der Waals surface area contributed by atoms with Gasteiger partial charge in [0, 0.05) is 18.1 Å². The Bertz CT molecular complexity index is 605. The Labute approximate surface area is 120 Å². The fraction of sp³-hybridized carbons (Fsp3) is 0.333. The highest BCUT2D eigenvalue weighted by atomic mass is 35.5. The molecule has 0 saturated carbocycles. The summed E-state index contributed by atoms with van der Waals surface area (Å²) in [7, 11) is 1.67. The number of nitrogens with one attached hydrogen (secondary N) is 1. The Morgan fingerprint density at radius 2 is 2.05 bits per heavy atom. The van der Waals surface area contributed by atoms with E-state index in [9.17, 15) is 4.79 Å². The van der Waals surface area contributed by atoms with Crippen LogP contribution in [-0.2, 0) is 7.05 Å². The number of benzene rings is 1. The van der Waals surface area contributed by atoms with Gasteiger partial charge in [0.2, 0.25) is 0 Å². The summed E-state index contributed by atoms with van der Waals surface area (Å²) in [5.74, 6) is 0. The molecule has 0 aliphatic carbocycles. The van der Waals surface area contributed by atoms with Crippen LogP contribution in [0.4, 0.5) is 0 Å². The number of aromatic nitrogens is 3. The molecule has 1 aromatic carbocycles. The largest absolute Gasteiger partial charge is 0.343 e. The molecule has 0 saturated heterocycles. The SMILES string of the molecule is CC(N)C(Sc1n[nH]c(=O)n1C)c1ccc(Cl)cc1. The second-order valence-corrected chi connectivity index (χ2v) is 5.86. The third-order valence-corrected chi connectivity index (χ3v) is 4.53. The lowest BCUT2D eigenvalue weighted by Crippen LogP contribution is -2.23. The van der Waals surface area contributed by atoms with Crippen LogP contribution in [0.15, 0.2) is 34.2 Å². The lowest BCUT2D eigenvalue weighted by atomic mass is 10.1. The van der Waals surface area contributed by atoms with Gasteiger partial charge in [0.15, 0.2) is 5.16 Å². The van der Waals surface area contributed by atoms with E-state index in [1.165, 1.54) is 16.3 Å². The fourth-order valence-corrected chi connectivity index (χ4v) is 2.88. The summed E-state index contributed by atoms with van der Waals surface area (Å²) in [5, 5.41) is 7.71. The molecular weight excluding hydrogens is 284 g/mol. The summed E-state index contributed by atoms with van der Waals surface area (Å²) >= 11 is 7.34. The van der Waals surface area contributed by atoms with Crippen LogP contribution in [0.1, 0.15) is 17.7 Å². The van der Waals surface area contributed by atoms with Gasteiger partial charge in [-0.1, -0.05) is 35.5 Å². The zero-order valence-electron chi connectivity index (χ0n) is 10.6. The maximum absolute atomic E-state index is 11.4. The standard InChI is InChI=1S/C12H15ClN4OS/c1-7(14)10(8-3-5-9(13)6-4-8)19-12-16-15-11(18)17(12)2/h3-7,10H,14H2,1-2H3,(H,15,18). The quantitative estimate of drug-likeness (QED) is 0.846. The van der Waals surface area contributed by atoms with Crippen LogP contribution in [0.2, 0.25) is 5.02 Å². The van der Waals surface area contributed by atoms with Crippen molar-refractivity contribution in [3.8, 4) is 0 Å². The molecule has 2 unspecified atom stereocenters. The molecule has 1 heterocycles. The number of thioether (sulfide) groups is 1. The van der Waals surface area contributed by atoms with Gasteiger partial charge in [-0.3, -0.25) is 4.57 Å². The highest BCUT2D eigenvalue weighted by molar-refractivity contribution is 7.99. The zero-order chi connectivity index (χ0) is 14.0. The van der Waals surface area contributed by atoms with Crippen molar-refractivity contribution in [1.29, 1.82) is 0 Å². The normalized spacial score (nSPS) is 14.3. The predicted molar refractivity (Wildman–Crippen MR) is 77.5 cm³/mol. The van der Waals surface area contributed by atoms with Crippen LogP contribution in [0.25, 0.3) is 0 Å². The molecule has 0 radical (unpaired) electrons. The number of H-pyrrole nitrogens is 1. The summed E-state index contributed by atoms with van der Waals surface area (Å²) < 4.78 is 1.47. The predicted octanol–water partition coefficient (Wildman–Crippen LogP) is 1.94. The lowest BCUT2D eigenvalue weighted by molar-refractivity contribution is 0.706. The highest BCUT2D eigenvalue weighted by Gasteiger charge is 2.20. The van der Waals surface area contributed by atoms with E-state index in [1.807, 2.05) is 31.2 Å². The van der Waals surface area contributed by atoms with Gasteiger partial charge < -0.3 is 5.73 Å². The number of hydrogen-bond donors (Lipinski definition) is 2. The van der Waals surface area contributed by atoms with E-state index in [0.29, 0.717) is 10.2 Å². The molecule has 7 heteroatoms. The van der Waals surface area contributed by atoms with Crippen molar-refractivity contribution in [1.82, 2.24) is 14.8 Å². The van der Waals surface area contributed by atoms with Crippen molar-refractivity contribution < 1.29 is 0 Å². The first-order valence-electron chi connectivity index (χ1n) is 5.78. The molecule has 0 spiro atoms. The maximum atomic E-state index is 11.4. The number of nitrogens with zero attached hydrogens (tertiary/aromatic N) is 2. The minimum absolute atomic E-state index is 0.00571. The number of nitrogens with two attached hydrogens (primary N) is 1. The van der Waals surface area contributed by atoms with Gasteiger partial charge in [0.05, 0.1) is 5.25 Å². The summed E-state index contributed by atoms with van der Waals surface area (Å²) in [6.07, 6.45) is 0. The van der Waals surface area contributed by atoms with Crippen LogP contribution < -0.4 is 11.4 Å². The fourth-order valence-electron chi connectivity index (χ4n) is 1.68. The molecule has 102 valence electrons. The molecular formula is C12H15ClN4OS. The van der Waals surface area contributed by atoms with Gasteiger partial charge in [0.1, 0.15) is 0 Å². The summed E-state index contributed by atoms with van der Waals surface area (Å²) in [6, 6.07) is 7.45. The summed E-state index contributed by atoms with van der Waals surface area (Å²) in [5.41, 5.74) is 6.85. The Morgan fingerprint density at radius 1 is 1.42 bits per heavy atom. The van der Waals surface area contributed by atoms with E-state index in [2.05, 4.69) is 10.2 Å². The number of halogens is 1. The van der Waals surface area contributed by atoms with E-state index in [-0.39, 0.29) is 17.0 Å². The van der Waals surface area contributed by atoms with Crippen LogP contribution >= 0.6 is 23.4 Å². The van der Waals surface area contributed by atoms with Crippen LogP contribution in [0.5, 0.6) is 0 Å². The minimum atomic E-state index is -0.234. The van der Waals surface area contributed by atoms with Gasteiger partial charge in [-0.05, 0) is 24.6 Å². The van der Waals surface area contributed by atoms with Gasteiger partial charge in [-0.25, -0.2) is 9.89 Å². The van der Waals surface area contributed by atoms with Crippen molar-refractivity contribution in [3.63, 3.8) is 0 Å². The van der Waals surface area contributed by atoms with Gasteiger partial charge in [0.25, 0.3) is 0 Å². The monoisotopic (exact) mass is 298 g/mol. The molecule has 1 aromatic heterocycles. The number of rotatable bonds is 4. The van der Waals surface area contributed by atoms with Crippen molar-refractivity contribution in [3.05, 3.63) is 45.3 Å². The summed E-state index contributed by atoms with van der Waals surface area (Å²) in [6.45, 7) is 1.93. The molecule has 0 aliphatic rings. The molecule has 0 bridgehead atoms. The van der Waals surface area contributed by atoms with Gasteiger partial charge in [-0.2, -0.15) is 0 Å². The van der Waals surface area contributed by atoms with Crippen LogP contribution in [0, 0.1) is 0 Å². The molecule has 19 heavy (non-hydrogen) atoms. The lowest BCUT2D eigenvalue weighted by Gasteiger charge is -2.20. The summed E-state index contributed by atoms with van der Waals surface area (Å²) in [4.78, 5) is 11.4. The van der Waals surface area contributed by atoms with E-state index in [1.54, 1.807) is 7.05 Å². The average Bonchev–Trinajstić information content (AvgIpc) is 2.68. The van der Waals surface area contributed by atoms with Crippen molar-refractivity contribution in [2.45, 2.75) is 23.4 Å². The average molecular weight is 299 g/mol. The first-order chi connectivity index (χ1) is 8.99. The second kappa shape index (κ2) is 5.81. The van der Waals surface area contributed by atoms with Crippen LogP contribution in [0.3, 0.4) is 0 Å². The molecule has 0 fully saturated rings. The van der Waals surface area contributed by atoms with Crippen molar-refractivity contribution in [2.75, 3.05) is 0 Å². The molecule has 5 nitrogen and oxygen atoms in total. The second-order valence-electron chi connectivity index (χ2n) is 4.32. The molecule has 2 rings (SSSR count). The zero-order valence-corrected chi connectivity index (χ0v) is 12.2. The maximum Gasteiger partial charge on any atom is 0.343 e. The van der Waals surface area contributed by atoms with Gasteiger partial charge in [-0.15, -0.1) is 5.10 Å². The molecule has 2 aromatic rings. The third kappa shape index (κ3) is 3.20. The first-order valence-corrected chi connectivity index (χ1v) is 7.04. The molecule has 0 amide bonds. The first kappa shape index (κ1) is 14.2.